The first kappa shape index (κ1) is 50.4. The predicted molar refractivity (Wildman–Crippen MR) is 242 cm³/mol. The van der Waals surface area contributed by atoms with Gasteiger partial charge in [-0.15, -0.1) is 0 Å². The third-order valence-electron chi connectivity index (χ3n) is 10.5. The Morgan fingerprint density at radius 3 is 1.29 bits per heavy atom. The molecule has 0 saturated carbocycles. The average molecular weight is 891 g/mol. The van der Waals surface area contributed by atoms with Crippen LogP contribution in [0.25, 0.3) is 0 Å². The van der Waals surface area contributed by atoms with Crippen LogP contribution in [0.1, 0.15) is 110 Å². The summed E-state index contributed by atoms with van der Waals surface area (Å²) < 4.78 is 17.1. The van der Waals surface area contributed by atoms with Crippen LogP contribution < -0.4 is 14.2 Å². The Hall–Kier alpha value is -6.00. The van der Waals surface area contributed by atoms with Crippen LogP contribution in [0, 0.1) is 10.8 Å². The maximum absolute atomic E-state index is 13.4. The van der Waals surface area contributed by atoms with Gasteiger partial charge in [-0.05, 0) is 79.1 Å². The molecule has 0 spiro atoms. The molecule has 16 heteroatoms. The highest BCUT2D eigenvalue weighted by Crippen LogP contribution is 2.38. The van der Waals surface area contributed by atoms with Crippen molar-refractivity contribution in [2.24, 2.45) is 10.8 Å². The van der Waals surface area contributed by atoms with Crippen LogP contribution in [0.4, 0.5) is 0 Å². The highest BCUT2D eigenvalue weighted by Gasteiger charge is 2.42. The number of ether oxygens (including phenoxy) is 3. The standard InChI is InChI=1S/C24H27NO6.C22H23NO6.2H2S/c1-4-30-21-9-5-7-17(18(21)12-26)23(29)25-15-24(2,3)11-16(25)14-31-22-10-6-8-20(28)19(22)13-27;1-22(2)9-14(12-29-20-8-4-7-19(27)17(20)11-25)23(13-22)21(28)15-5-3-6-18(26)16(15)10-24;;/h5-10,12-13,16,28H,4,11,14-15H2,1-3H3;3-8,10-11,14,26-27H,9,12-13H2,1-2H3;2*1H2/t16-;14-;;/m00../s1. The van der Waals surface area contributed by atoms with E-state index in [0.717, 1.165) is 0 Å². The molecule has 0 unspecified atom stereocenters. The Balaban J connectivity index is 0.000000321. The number of amides is 2. The number of aromatic hydroxyl groups is 3. The zero-order valence-electron chi connectivity index (χ0n) is 35.3. The van der Waals surface area contributed by atoms with E-state index in [1.807, 2.05) is 20.8 Å². The molecule has 4 aromatic carbocycles. The van der Waals surface area contributed by atoms with Gasteiger partial charge in [0.2, 0.25) is 0 Å². The van der Waals surface area contributed by atoms with Gasteiger partial charge in [0, 0.05) is 13.1 Å². The highest BCUT2D eigenvalue weighted by atomic mass is 32.1. The summed E-state index contributed by atoms with van der Waals surface area (Å²) >= 11 is 0. The lowest BCUT2D eigenvalue weighted by molar-refractivity contribution is 0.0675. The molecular weight excluding hydrogens is 837 g/mol. The number of carbonyl (C=O) groups is 6. The third kappa shape index (κ3) is 11.5. The van der Waals surface area contributed by atoms with Crippen molar-refractivity contribution in [2.45, 2.75) is 59.5 Å². The summed E-state index contributed by atoms with van der Waals surface area (Å²) in [5.41, 5.74) is 0.420. The number of benzene rings is 4. The van der Waals surface area contributed by atoms with Crippen molar-refractivity contribution in [3.63, 3.8) is 0 Å². The molecular formula is C46H54N2O12S2. The summed E-state index contributed by atoms with van der Waals surface area (Å²) in [5, 5.41) is 29.6. The lowest BCUT2D eigenvalue weighted by atomic mass is 9.91. The molecule has 0 radical (unpaired) electrons. The molecule has 62 heavy (non-hydrogen) atoms. The largest absolute Gasteiger partial charge is 0.507 e. The van der Waals surface area contributed by atoms with Crippen LogP contribution >= 0.6 is 27.0 Å². The zero-order chi connectivity index (χ0) is 43.8. The molecule has 14 nitrogen and oxygen atoms in total. The van der Waals surface area contributed by atoms with Gasteiger partial charge in [0.05, 0.1) is 52.1 Å². The topological polar surface area (TPSA) is 197 Å². The lowest BCUT2D eigenvalue weighted by Crippen LogP contribution is -2.39. The molecule has 0 aliphatic carbocycles. The van der Waals surface area contributed by atoms with Crippen molar-refractivity contribution in [3.05, 3.63) is 106 Å². The summed E-state index contributed by atoms with van der Waals surface area (Å²) in [6.07, 6.45) is 3.53. The smallest absolute Gasteiger partial charge is 0.255 e. The second-order valence-electron chi connectivity index (χ2n) is 16.3. The highest BCUT2D eigenvalue weighted by molar-refractivity contribution is 7.59. The second kappa shape index (κ2) is 21.7. The van der Waals surface area contributed by atoms with Crippen molar-refractivity contribution in [1.82, 2.24) is 9.80 Å². The summed E-state index contributed by atoms with van der Waals surface area (Å²) in [6, 6.07) is 18.0. The summed E-state index contributed by atoms with van der Waals surface area (Å²) in [6.45, 7) is 11.6. The van der Waals surface area contributed by atoms with Gasteiger partial charge in [-0.2, -0.15) is 27.0 Å². The number of rotatable bonds is 14. The Labute approximate surface area is 374 Å². The number of likely N-dealkylation sites (tertiary alicyclic amines) is 2. The minimum Gasteiger partial charge on any atom is -0.507 e. The maximum Gasteiger partial charge on any atom is 0.255 e. The summed E-state index contributed by atoms with van der Waals surface area (Å²) in [5.74, 6) is -0.328. The fourth-order valence-electron chi connectivity index (χ4n) is 7.81. The molecule has 2 heterocycles. The normalized spacial score (nSPS) is 16.9. The second-order valence-corrected chi connectivity index (χ2v) is 16.3. The molecule has 2 atom stereocenters. The van der Waals surface area contributed by atoms with Crippen molar-refractivity contribution < 1.29 is 58.3 Å². The van der Waals surface area contributed by atoms with Crippen LogP contribution in [0.15, 0.2) is 72.8 Å². The zero-order valence-corrected chi connectivity index (χ0v) is 37.3. The van der Waals surface area contributed by atoms with E-state index in [-0.39, 0.29) is 137 Å². The number of phenols is 3. The van der Waals surface area contributed by atoms with Crippen LogP contribution in [0.5, 0.6) is 34.5 Å². The number of hydrogen-bond donors (Lipinski definition) is 3. The number of carbonyl (C=O) groups excluding carboxylic acids is 6. The monoisotopic (exact) mass is 890 g/mol. The van der Waals surface area contributed by atoms with E-state index < -0.39 is 0 Å². The lowest BCUT2D eigenvalue weighted by Gasteiger charge is -2.26. The van der Waals surface area contributed by atoms with Crippen molar-refractivity contribution in [2.75, 3.05) is 32.9 Å². The fraction of sp³-hybridized carbons (Fsp3) is 0.348. The molecule has 332 valence electrons. The van der Waals surface area contributed by atoms with Gasteiger partial charge >= 0.3 is 0 Å². The molecule has 2 aliphatic rings. The Morgan fingerprint density at radius 2 is 0.903 bits per heavy atom. The number of phenolic OH excluding ortho intramolecular Hbond substituents is 3. The Bertz CT molecular complexity index is 2260. The Morgan fingerprint density at radius 1 is 0.565 bits per heavy atom. The van der Waals surface area contributed by atoms with Crippen LogP contribution in [-0.4, -0.2) is 107 Å². The predicted octanol–water partition coefficient (Wildman–Crippen LogP) is 7.00. The number of nitrogens with zero attached hydrogens (tertiary/aromatic N) is 2. The van der Waals surface area contributed by atoms with Gasteiger partial charge in [0.1, 0.15) is 47.7 Å². The molecule has 2 saturated heterocycles. The van der Waals surface area contributed by atoms with Gasteiger partial charge in [-0.3, -0.25) is 28.8 Å². The molecule has 3 N–H and O–H groups in total. The minimum atomic E-state index is -0.367. The SMILES string of the molecule is CC1(C)C[C@@H](COc2cccc(O)c2C=O)N(C(=O)c2cccc(O)c2C=O)C1.CCOc1cccc(C(=O)N2CC(C)(C)C[C@H]2COc2cccc(O)c2C=O)c1C=O.S.S. The first-order valence-electron chi connectivity index (χ1n) is 19.5. The minimum absolute atomic E-state index is 0. The van der Waals surface area contributed by atoms with E-state index in [1.54, 1.807) is 52.3 Å². The van der Waals surface area contributed by atoms with Gasteiger partial charge in [0.15, 0.2) is 25.1 Å². The number of aldehydes is 4. The van der Waals surface area contributed by atoms with Gasteiger partial charge in [0.25, 0.3) is 11.8 Å². The molecule has 6 rings (SSSR count). The van der Waals surface area contributed by atoms with E-state index in [0.29, 0.717) is 63.4 Å². The molecule has 2 amide bonds. The third-order valence-corrected chi connectivity index (χ3v) is 10.5. The van der Waals surface area contributed by atoms with Crippen LogP contribution in [-0.2, 0) is 0 Å². The van der Waals surface area contributed by atoms with Crippen LogP contribution in [0.2, 0.25) is 0 Å². The maximum atomic E-state index is 13.4. The quantitative estimate of drug-likeness (QED) is 0.110. The van der Waals surface area contributed by atoms with Gasteiger partial charge in [-0.25, -0.2) is 0 Å². The van der Waals surface area contributed by atoms with E-state index in [1.165, 1.54) is 30.3 Å². The fourth-order valence-corrected chi connectivity index (χ4v) is 7.81. The summed E-state index contributed by atoms with van der Waals surface area (Å²) in [4.78, 5) is 75.6. The van der Waals surface area contributed by atoms with Crippen molar-refractivity contribution >= 4 is 64.0 Å². The van der Waals surface area contributed by atoms with Crippen molar-refractivity contribution in [3.8, 4) is 34.5 Å². The molecule has 2 aliphatic heterocycles. The van der Waals surface area contributed by atoms with E-state index in [9.17, 15) is 44.1 Å². The first-order chi connectivity index (χ1) is 28.6. The van der Waals surface area contributed by atoms with Gasteiger partial charge in [-0.1, -0.05) is 52.0 Å². The van der Waals surface area contributed by atoms with E-state index in [4.69, 9.17) is 14.2 Å². The molecule has 2 fully saturated rings. The van der Waals surface area contributed by atoms with Gasteiger partial charge < -0.3 is 39.3 Å². The number of hydrogen-bond acceptors (Lipinski definition) is 12. The first-order valence-corrected chi connectivity index (χ1v) is 19.5. The summed E-state index contributed by atoms with van der Waals surface area (Å²) in [7, 11) is 0. The van der Waals surface area contributed by atoms with E-state index in [2.05, 4.69) is 13.8 Å². The van der Waals surface area contributed by atoms with Crippen LogP contribution in [0.3, 0.4) is 0 Å². The molecule has 0 bridgehead atoms. The van der Waals surface area contributed by atoms with E-state index >= 15 is 0 Å². The molecule has 4 aromatic rings. The van der Waals surface area contributed by atoms with Crippen molar-refractivity contribution in [1.29, 1.82) is 0 Å². The average Bonchev–Trinajstić information content (AvgIpc) is 3.71. The molecule has 0 aromatic heterocycles. The Kier molecular flexibility index (Phi) is 17.6.